The van der Waals surface area contributed by atoms with Crippen molar-refractivity contribution >= 4 is 28.4 Å². The number of aromatic nitrogens is 2. The average Bonchev–Trinajstić information content (AvgIpc) is 3.61. The number of carbonyl (C=O) groups is 2. The standard InChI is InChI=1S/C37H33F2N5O7/c1-40-35(45)27-19-26-29(20-32(27)49-17-13-43-11-15-48-16-12-43)41-10-8-30(26)51-31-7-4-24(18-28(31)39)42-36(46)33-34-22(9-14-50-34)21-44(37(33)47)25-5-2-23(38)3-6-25/h2-8,10,18-21H,9,11-17H2,1H3,(H,40,45)(H,42,46). The van der Waals surface area contributed by atoms with Gasteiger partial charge in [0, 0.05) is 80.0 Å². The summed E-state index contributed by atoms with van der Waals surface area (Å²) in [6.07, 6.45) is 3.54. The fourth-order valence-electron chi connectivity index (χ4n) is 6.00. The van der Waals surface area contributed by atoms with E-state index in [0.717, 1.165) is 19.2 Å². The zero-order chi connectivity index (χ0) is 35.5. The number of ether oxygens (including phenoxy) is 4. The van der Waals surface area contributed by atoms with Gasteiger partial charge in [-0.1, -0.05) is 0 Å². The Morgan fingerprint density at radius 1 is 0.941 bits per heavy atom. The molecule has 1 saturated heterocycles. The number of halogens is 2. The second-order valence-electron chi connectivity index (χ2n) is 11.9. The molecule has 0 unspecified atom stereocenters. The van der Waals surface area contributed by atoms with E-state index >= 15 is 4.39 Å². The molecule has 2 aromatic heterocycles. The summed E-state index contributed by atoms with van der Waals surface area (Å²) in [7, 11) is 1.51. The fourth-order valence-corrected chi connectivity index (χ4v) is 6.00. The monoisotopic (exact) mass is 697 g/mol. The van der Waals surface area contributed by atoms with Gasteiger partial charge in [-0.05, 0) is 48.5 Å². The summed E-state index contributed by atoms with van der Waals surface area (Å²) < 4.78 is 53.3. The van der Waals surface area contributed by atoms with E-state index < -0.39 is 23.1 Å². The highest BCUT2D eigenvalue weighted by molar-refractivity contribution is 6.06. The van der Waals surface area contributed by atoms with E-state index in [4.69, 9.17) is 18.9 Å². The van der Waals surface area contributed by atoms with Crippen molar-refractivity contribution < 1.29 is 37.3 Å². The molecule has 2 N–H and O–H groups in total. The number of benzene rings is 3. The molecule has 7 rings (SSSR count). The molecule has 4 heterocycles. The van der Waals surface area contributed by atoms with Gasteiger partial charge in [0.15, 0.2) is 11.6 Å². The van der Waals surface area contributed by atoms with E-state index in [0.29, 0.717) is 60.7 Å². The van der Waals surface area contributed by atoms with Gasteiger partial charge in [-0.25, -0.2) is 8.78 Å². The van der Waals surface area contributed by atoms with E-state index in [1.54, 1.807) is 24.4 Å². The zero-order valence-electron chi connectivity index (χ0n) is 27.5. The van der Waals surface area contributed by atoms with Crippen molar-refractivity contribution in [2.75, 3.05) is 58.4 Å². The Hall–Kier alpha value is -5.86. The van der Waals surface area contributed by atoms with Crippen LogP contribution in [-0.2, 0) is 11.2 Å². The highest BCUT2D eigenvalue weighted by Gasteiger charge is 2.27. The van der Waals surface area contributed by atoms with Gasteiger partial charge in [0.1, 0.15) is 35.2 Å². The molecule has 0 radical (unpaired) electrons. The van der Waals surface area contributed by atoms with Crippen LogP contribution in [0, 0.1) is 11.6 Å². The predicted octanol–water partition coefficient (Wildman–Crippen LogP) is 4.71. The highest BCUT2D eigenvalue weighted by atomic mass is 19.1. The van der Waals surface area contributed by atoms with E-state index in [9.17, 15) is 18.8 Å². The molecular weight excluding hydrogens is 664 g/mol. The Morgan fingerprint density at radius 2 is 1.75 bits per heavy atom. The third kappa shape index (κ3) is 7.09. The second kappa shape index (κ2) is 14.5. The van der Waals surface area contributed by atoms with Crippen LogP contribution in [-0.4, -0.2) is 79.4 Å². The molecule has 0 saturated carbocycles. The van der Waals surface area contributed by atoms with Gasteiger partial charge >= 0.3 is 0 Å². The lowest BCUT2D eigenvalue weighted by molar-refractivity contribution is 0.0322. The molecule has 0 bridgehead atoms. The fraction of sp³-hybridized carbons (Fsp3) is 0.243. The number of morpholine rings is 1. The minimum atomic E-state index is -0.800. The van der Waals surface area contributed by atoms with Gasteiger partial charge in [-0.15, -0.1) is 0 Å². The van der Waals surface area contributed by atoms with E-state index in [-0.39, 0.29) is 46.6 Å². The maximum Gasteiger partial charge on any atom is 0.271 e. The molecular formula is C37H33F2N5O7. The number of hydrogen-bond acceptors (Lipinski definition) is 9. The summed E-state index contributed by atoms with van der Waals surface area (Å²) in [4.78, 5) is 46.5. The SMILES string of the molecule is CNC(=O)c1cc2c(Oc3ccc(NC(=O)c4c5c(cn(-c6ccc(F)cc6)c4=O)CCO5)cc3F)ccnc2cc1OCCN1CCOCC1. The van der Waals surface area contributed by atoms with Crippen molar-refractivity contribution in [2.45, 2.75) is 6.42 Å². The van der Waals surface area contributed by atoms with Crippen molar-refractivity contribution in [2.24, 2.45) is 0 Å². The number of fused-ring (bicyclic) bond motifs is 2. The lowest BCUT2D eigenvalue weighted by Gasteiger charge is -2.26. The third-order valence-electron chi connectivity index (χ3n) is 8.64. The largest absolute Gasteiger partial charge is 0.492 e. The zero-order valence-corrected chi connectivity index (χ0v) is 27.5. The smallest absolute Gasteiger partial charge is 0.271 e. The number of carbonyl (C=O) groups excluding carboxylic acids is 2. The first-order valence-electron chi connectivity index (χ1n) is 16.3. The van der Waals surface area contributed by atoms with Crippen LogP contribution in [0.25, 0.3) is 16.6 Å². The summed E-state index contributed by atoms with van der Waals surface area (Å²) in [5.41, 5.74) is 0.869. The normalized spacial score (nSPS) is 14.1. The van der Waals surface area contributed by atoms with Crippen molar-refractivity contribution in [1.29, 1.82) is 0 Å². The van der Waals surface area contributed by atoms with Gasteiger partial charge in [0.2, 0.25) is 0 Å². The van der Waals surface area contributed by atoms with Crippen LogP contribution in [0.4, 0.5) is 14.5 Å². The number of pyridine rings is 2. The Kier molecular flexibility index (Phi) is 9.59. The molecule has 3 aromatic carbocycles. The van der Waals surface area contributed by atoms with Gasteiger partial charge in [-0.3, -0.25) is 28.8 Å². The lowest BCUT2D eigenvalue weighted by atomic mass is 10.1. The first kappa shape index (κ1) is 33.6. The van der Waals surface area contributed by atoms with Crippen LogP contribution in [0.2, 0.25) is 0 Å². The third-order valence-corrected chi connectivity index (χ3v) is 8.64. The van der Waals surface area contributed by atoms with Crippen LogP contribution < -0.4 is 30.4 Å². The van der Waals surface area contributed by atoms with E-state index in [1.807, 2.05) is 0 Å². The van der Waals surface area contributed by atoms with Crippen molar-refractivity contribution in [1.82, 2.24) is 19.8 Å². The predicted molar refractivity (Wildman–Crippen MR) is 184 cm³/mol. The Labute approximate surface area is 290 Å². The lowest BCUT2D eigenvalue weighted by Crippen LogP contribution is -2.38. The first-order chi connectivity index (χ1) is 24.8. The topological polar surface area (TPSA) is 133 Å². The molecule has 12 nitrogen and oxygen atoms in total. The van der Waals surface area contributed by atoms with E-state index in [2.05, 4.69) is 20.5 Å². The summed E-state index contributed by atoms with van der Waals surface area (Å²) in [5.74, 6) is -1.86. The quantitative estimate of drug-likeness (QED) is 0.213. The number of amides is 2. The number of anilines is 1. The van der Waals surface area contributed by atoms with Crippen LogP contribution in [0.15, 0.2) is 77.9 Å². The average molecular weight is 698 g/mol. The second-order valence-corrected chi connectivity index (χ2v) is 11.9. The van der Waals surface area contributed by atoms with E-state index in [1.165, 1.54) is 54.2 Å². The van der Waals surface area contributed by atoms with Gasteiger partial charge in [-0.2, -0.15) is 0 Å². The van der Waals surface area contributed by atoms with Crippen LogP contribution in [0.5, 0.6) is 23.0 Å². The van der Waals surface area contributed by atoms with Gasteiger partial charge < -0.3 is 29.6 Å². The Morgan fingerprint density at radius 3 is 2.51 bits per heavy atom. The minimum Gasteiger partial charge on any atom is -0.492 e. The first-order valence-corrected chi connectivity index (χ1v) is 16.3. The minimum absolute atomic E-state index is 0.0635. The van der Waals surface area contributed by atoms with Gasteiger partial charge in [0.05, 0.1) is 30.9 Å². The Balaban J connectivity index is 1.12. The molecule has 5 aromatic rings. The van der Waals surface area contributed by atoms with Crippen LogP contribution in [0.3, 0.4) is 0 Å². The number of rotatable bonds is 10. The van der Waals surface area contributed by atoms with Crippen molar-refractivity contribution in [3.8, 4) is 28.7 Å². The van der Waals surface area contributed by atoms with Crippen molar-refractivity contribution in [3.05, 3.63) is 112 Å². The molecule has 0 spiro atoms. The van der Waals surface area contributed by atoms with Crippen LogP contribution in [0.1, 0.15) is 26.3 Å². The number of nitrogens with one attached hydrogen (secondary N) is 2. The summed E-state index contributed by atoms with van der Waals surface area (Å²) in [6, 6.07) is 13.9. The number of nitrogens with zero attached hydrogens (tertiary/aromatic N) is 3. The van der Waals surface area contributed by atoms with Crippen LogP contribution >= 0.6 is 0 Å². The summed E-state index contributed by atoms with van der Waals surface area (Å²) in [6.45, 7) is 4.23. The molecule has 262 valence electrons. The van der Waals surface area contributed by atoms with Crippen molar-refractivity contribution in [3.63, 3.8) is 0 Å². The summed E-state index contributed by atoms with van der Waals surface area (Å²) in [5, 5.41) is 5.66. The molecule has 51 heavy (non-hydrogen) atoms. The molecule has 1 fully saturated rings. The molecule has 2 amide bonds. The molecule has 2 aliphatic rings. The summed E-state index contributed by atoms with van der Waals surface area (Å²) >= 11 is 0. The Bertz CT molecular complexity index is 2190. The van der Waals surface area contributed by atoms with Gasteiger partial charge in [0.25, 0.3) is 17.4 Å². The maximum atomic E-state index is 15.5. The molecule has 14 heteroatoms. The highest BCUT2D eigenvalue weighted by Crippen LogP contribution is 2.35. The number of hydrogen-bond donors (Lipinski definition) is 2. The molecule has 0 atom stereocenters. The molecule has 2 aliphatic heterocycles. The maximum absolute atomic E-state index is 15.5. The molecule has 0 aliphatic carbocycles.